The second-order valence-corrected chi connectivity index (χ2v) is 8.13. The van der Waals surface area contributed by atoms with Crippen LogP contribution in [-0.2, 0) is 9.22 Å². The van der Waals surface area contributed by atoms with Crippen LogP contribution < -0.4 is 14.0 Å². The van der Waals surface area contributed by atoms with Gasteiger partial charge in [-0.25, -0.2) is 0 Å². The van der Waals surface area contributed by atoms with Gasteiger partial charge in [-0.15, -0.1) is 22.7 Å². The molecule has 0 saturated heterocycles. The van der Waals surface area contributed by atoms with E-state index in [1.165, 1.54) is 23.1 Å². The molecule has 0 spiro atoms. The number of halogens is 1. The van der Waals surface area contributed by atoms with E-state index < -0.39 is 15.2 Å². The predicted octanol–water partition coefficient (Wildman–Crippen LogP) is 1.22. The highest BCUT2D eigenvalue weighted by atomic mass is 35.7. The molecule has 0 saturated carbocycles. The number of allylic oxidation sites excluding steroid dienone is 2. The van der Waals surface area contributed by atoms with E-state index in [1.807, 2.05) is 29.0 Å². The maximum Gasteiger partial charge on any atom is 0.326 e. The topological polar surface area (TPSA) is 78.4 Å². The maximum atomic E-state index is 11.1. The molecule has 0 bridgehead atoms. The Morgan fingerprint density at radius 3 is 2.43 bits per heavy atom. The quantitative estimate of drug-likeness (QED) is 0.819. The lowest BCUT2D eigenvalue weighted by Crippen LogP contribution is -2.63. The van der Waals surface area contributed by atoms with Crippen LogP contribution in [0, 0.1) is 10.2 Å². The van der Waals surface area contributed by atoms with Crippen molar-refractivity contribution < 1.29 is 28.5 Å². The molecule has 0 aromatic carbocycles. The number of hydrogen-bond acceptors (Lipinski definition) is 7. The molecule has 1 atom stereocenters. The molecule has 21 heavy (non-hydrogen) atoms. The van der Waals surface area contributed by atoms with Crippen LogP contribution in [0.5, 0.6) is 0 Å². The van der Waals surface area contributed by atoms with E-state index in [9.17, 15) is 14.0 Å². The second kappa shape index (κ2) is 5.86. The van der Waals surface area contributed by atoms with Crippen LogP contribution in [0.4, 0.5) is 0 Å². The van der Waals surface area contributed by atoms with Gasteiger partial charge in [-0.2, -0.15) is 14.0 Å². The molecule has 0 fully saturated rings. The van der Waals surface area contributed by atoms with Gasteiger partial charge in [0.1, 0.15) is 0 Å². The van der Waals surface area contributed by atoms with Crippen LogP contribution >= 0.6 is 34.4 Å². The van der Waals surface area contributed by atoms with Crippen LogP contribution in [0.2, 0.25) is 0 Å². The minimum atomic E-state index is -4.55. The van der Waals surface area contributed by atoms with E-state index >= 15 is 0 Å². The summed E-state index contributed by atoms with van der Waals surface area (Å²) in [6.45, 7) is 0. The van der Waals surface area contributed by atoms with E-state index in [4.69, 9.17) is 4.29 Å². The first-order chi connectivity index (χ1) is 9.99. The van der Waals surface area contributed by atoms with Gasteiger partial charge in [0, 0.05) is 9.78 Å². The molecule has 0 amide bonds. The van der Waals surface area contributed by atoms with Crippen LogP contribution in [-0.4, -0.2) is 0 Å². The van der Waals surface area contributed by atoms with Gasteiger partial charge in [-0.3, -0.25) is 0 Å². The Kier molecular flexibility index (Phi) is 4.26. The molecule has 4 nitrogen and oxygen atoms in total. The standard InChI is InChI=1S/C13H9ClO4S3/c15-14(16,17)18-13(12-6-3-9-20-12)7-1-4-11(21-13)10-5-2-8-19-10/h1-9H. The van der Waals surface area contributed by atoms with Gasteiger partial charge in [0.15, 0.2) is 0 Å². The Labute approximate surface area is 135 Å². The van der Waals surface area contributed by atoms with Crippen molar-refractivity contribution in [3.8, 4) is 0 Å². The highest BCUT2D eigenvalue weighted by molar-refractivity contribution is 8.09. The van der Waals surface area contributed by atoms with Crippen molar-refractivity contribution in [3.63, 3.8) is 0 Å². The molecule has 2 aromatic rings. The number of thioether (sulfide) groups is 1. The first kappa shape index (κ1) is 15.3. The smallest absolute Gasteiger partial charge is 0.183 e. The molecule has 2 aromatic heterocycles. The minimum Gasteiger partial charge on any atom is -0.183 e. The maximum absolute atomic E-state index is 11.1. The third kappa shape index (κ3) is 3.41. The average molecular weight is 361 g/mol. The fraction of sp³-hybridized carbons (Fsp3) is 0.0769. The van der Waals surface area contributed by atoms with Gasteiger partial charge >= 0.3 is 4.93 Å². The first-order valence-corrected chi connectivity index (χ1v) is 9.57. The van der Waals surface area contributed by atoms with Crippen molar-refractivity contribution in [1.82, 2.24) is 0 Å². The SMILES string of the molecule is [O-][Cl+3]([O-])([O-])OC1(c2cccs2)C=CC=C(c2cccs2)S1. The average Bonchev–Trinajstić information content (AvgIpc) is 3.11. The molecule has 3 rings (SSSR count). The van der Waals surface area contributed by atoms with Crippen molar-refractivity contribution in [3.05, 3.63) is 63.0 Å². The molecule has 0 aliphatic carbocycles. The van der Waals surface area contributed by atoms with E-state index in [2.05, 4.69) is 0 Å². The third-order valence-electron chi connectivity index (χ3n) is 2.66. The van der Waals surface area contributed by atoms with Gasteiger partial charge in [-0.05, 0) is 35.0 Å². The van der Waals surface area contributed by atoms with Crippen LogP contribution in [0.3, 0.4) is 0 Å². The Morgan fingerprint density at radius 1 is 1.05 bits per heavy atom. The lowest BCUT2D eigenvalue weighted by Gasteiger charge is -2.28. The predicted molar refractivity (Wildman–Crippen MR) is 76.1 cm³/mol. The van der Waals surface area contributed by atoms with Gasteiger partial charge in [-0.1, -0.05) is 30.0 Å². The molecule has 0 radical (unpaired) electrons. The fourth-order valence-electron chi connectivity index (χ4n) is 1.87. The van der Waals surface area contributed by atoms with Gasteiger partial charge in [0.25, 0.3) is 0 Å². The van der Waals surface area contributed by atoms with E-state index in [-0.39, 0.29) is 0 Å². The van der Waals surface area contributed by atoms with Crippen molar-refractivity contribution in [1.29, 1.82) is 0 Å². The summed E-state index contributed by atoms with van der Waals surface area (Å²) in [7, 11) is -4.55. The summed E-state index contributed by atoms with van der Waals surface area (Å²) in [5.41, 5.74) is 0. The van der Waals surface area contributed by atoms with Gasteiger partial charge in [0.2, 0.25) is 0 Å². The van der Waals surface area contributed by atoms with Crippen LogP contribution in [0.15, 0.2) is 53.3 Å². The Bertz CT molecular complexity index is 658. The van der Waals surface area contributed by atoms with Crippen molar-refractivity contribution in [2.75, 3.05) is 0 Å². The molecule has 1 aliphatic heterocycles. The summed E-state index contributed by atoms with van der Waals surface area (Å²) in [6.07, 6.45) is 5.18. The lowest BCUT2D eigenvalue weighted by atomic mass is 10.2. The summed E-state index contributed by atoms with van der Waals surface area (Å²) in [6, 6.07) is 7.39. The zero-order valence-corrected chi connectivity index (χ0v) is 13.6. The Hall–Kier alpha value is -0.640. The van der Waals surface area contributed by atoms with E-state index in [0.29, 0.717) is 4.88 Å². The molecule has 0 N–H and O–H groups in total. The summed E-state index contributed by atoms with van der Waals surface area (Å²) in [5, 5.41) is 3.75. The molecule has 1 aliphatic rings. The fourth-order valence-corrected chi connectivity index (χ4v) is 5.57. The van der Waals surface area contributed by atoms with Crippen LogP contribution in [0.1, 0.15) is 9.75 Å². The zero-order valence-electron chi connectivity index (χ0n) is 10.4. The molecule has 110 valence electrons. The monoisotopic (exact) mass is 360 g/mol. The van der Waals surface area contributed by atoms with Crippen molar-refractivity contribution >= 4 is 39.3 Å². The van der Waals surface area contributed by atoms with Crippen molar-refractivity contribution in [2.24, 2.45) is 0 Å². The summed E-state index contributed by atoms with van der Waals surface area (Å²) in [4.78, 5) is 1.16. The molecule has 8 heteroatoms. The first-order valence-electron chi connectivity index (χ1n) is 5.76. The third-order valence-corrected chi connectivity index (χ3v) is 6.65. The highest BCUT2D eigenvalue weighted by Gasteiger charge is 2.49. The minimum absolute atomic E-state index is 0.651. The Morgan fingerprint density at radius 2 is 1.81 bits per heavy atom. The molecular weight excluding hydrogens is 352 g/mol. The van der Waals surface area contributed by atoms with E-state index in [1.54, 1.807) is 35.6 Å². The normalized spacial score (nSPS) is 22.3. The highest BCUT2D eigenvalue weighted by Crippen LogP contribution is 2.52. The summed E-state index contributed by atoms with van der Waals surface area (Å²) < 4.78 is 38.3. The van der Waals surface area contributed by atoms with E-state index in [0.717, 1.165) is 9.78 Å². The molecule has 1 unspecified atom stereocenters. The summed E-state index contributed by atoms with van der Waals surface area (Å²) in [5.74, 6) is 0. The Balaban J connectivity index is 1.99. The van der Waals surface area contributed by atoms with Crippen LogP contribution in [0.25, 0.3) is 4.91 Å². The molecular formula is C13H9ClO4S3. The molecule has 3 heterocycles. The van der Waals surface area contributed by atoms with Gasteiger partial charge < -0.3 is 0 Å². The lowest BCUT2D eigenvalue weighted by molar-refractivity contribution is -1.92. The zero-order chi connectivity index (χ0) is 14.9. The van der Waals surface area contributed by atoms with Crippen molar-refractivity contribution in [2.45, 2.75) is 4.93 Å². The largest absolute Gasteiger partial charge is 0.326 e. The number of rotatable bonds is 4. The summed E-state index contributed by atoms with van der Waals surface area (Å²) >= 11 is 4.09. The number of thiophene rings is 2. The second-order valence-electron chi connectivity index (χ2n) is 4.07. The van der Waals surface area contributed by atoms with Gasteiger partial charge in [0.05, 0.1) is 19.4 Å². The number of hydrogen-bond donors (Lipinski definition) is 0.